The van der Waals surface area contributed by atoms with E-state index in [0.717, 1.165) is 25.9 Å². The van der Waals surface area contributed by atoms with Crippen molar-refractivity contribution in [2.24, 2.45) is 0 Å². The van der Waals surface area contributed by atoms with Gasteiger partial charge < -0.3 is 9.80 Å². The van der Waals surface area contributed by atoms with Crippen molar-refractivity contribution in [2.75, 3.05) is 44.2 Å². The van der Waals surface area contributed by atoms with Crippen molar-refractivity contribution >= 4 is 45.0 Å². The number of sulfonamides is 1. The Hall–Kier alpha value is -1.87. The highest BCUT2D eigenvalue weighted by Crippen LogP contribution is 2.29. The van der Waals surface area contributed by atoms with Gasteiger partial charge in [-0.3, -0.25) is 4.79 Å². The quantitative estimate of drug-likeness (QED) is 0.666. The van der Waals surface area contributed by atoms with E-state index in [1.54, 1.807) is 29.3 Å². The highest BCUT2D eigenvalue weighted by Gasteiger charge is 2.33. The normalized spacial score (nSPS) is 18.3. The molecule has 2 aliphatic rings. The molecule has 4 rings (SSSR count). The lowest BCUT2D eigenvalue weighted by atomic mass is 10.1. The van der Waals surface area contributed by atoms with Gasteiger partial charge in [0.25, 0.3) is 5.91 Å². The third-order valence-electron chi connectivity index (χ3n) is 5.71. The third-order valence-corrected chi connectivity index (χ3v) is 8.32. The first-order valence-electron chi connectivity index (χ1n) is 10.3. The van der Waals surface area contributed by atoms with E-state index < -0.39 is 10.0 Å². The molecule has 0 aliphatic carbocycles. The number of anilines is 1. The van der Waals surface area contributed by atoms with Crippen LogP contribution < -0.4 is 4.90 Å². The average molecular weight is 483 g/mol. The molecule has 1 amide bonds. The summed E-state index contributed by atoms with van der Waals surface area (Å²) in [5, 5.41) is 0.433. The third kappa shape index (κ3) is 4.67. The zero-order valence-corrected chi connectivity index (χ0v) is 19.3. The van der Waals surface area contributed by atoms with Crippen molar-refractivity contribution < 1.29 is 13.2 Å². The molecule has 0 saturated carbocycles. The average Bonchev–Trinajstić information content (AvgIpc) is 2.81. The highest BCUT2D eigenvalue weighted by molar-refractivity contribution is 7.89. The summed E-state index contributed by atoms with van der Waals surface area (Å²) in [4.78, 5) is 21.6. The van der Waals surface area contributed by atoms with Crippen molar-refractivity contribution in [3.05, 3.63) is 52.1 Å². The van der Waals surface area contributed by atoms with Crippen LogP contribution in [0.5, 0.6) is 0 Å². The minimum absolute atomic E-state index is 0.0129. The van der Waals surface area contributed by atoms with Crippen LogP contribution in [0.25, 0.3) is 0 Å². The maximum Gasteiger partial charge on any atom is 0.257 e. The number of aromatic nitrogens is 1. The molecule has 1 aromatic heterocycles. The van der Waals surface area contributed by atoms with Gasteiger partial charge in [0.1, 0.15) is 10.7 Å². The molecular formula is C21H24Cl2N4O3S. The Kier molecular flexibility index (Phi) is 6.71. The molecule has 2 aromatic rings. The number of hydrogen-bond acceptors (Lipinski definition) is 5. The second-order valence-corrected chi connectivity index (χ2v) is 10.4. The number of nitrogens with zero attached hydrogens (tertiary/aromatic N) is 4. The van der Waals surface area contributed by atoms with E-state index >= 15 is 0 Å². The molecule has 3 heterocycles. The zero-order chi connectivity index (χ0) is 22.0. The molecule has 1 aromatic carbocycles. The van der Waals surface area contributed by atoms with Gasteiger partial charge in [-0.25, -0.2) is 13.4 Å². The van der Waals surface area contributed by atoms with Crippen LogP contribution in [0.15, 0.2) is 41.4 Å². The van der Waals surface area contributed by atoms with Crippen LogP contribution in [0.4, 0.5) is 5.82 Å². The Morgan fingerprint density at radius 3 is 2.35 bits per heavy atom. The Labute approximate surface area is 192 Å². The minimum atomic E-state index is -3.80. The Bertz CT molecular complexity index is 1070. The minimum Gasteiger partial charge on any atom is -0.356 e. The van der Waals surface area contributed by atoms with E-state index in [9.17, 15) is 13.2 Å². The summed E-state index contributed by atoms with van der Waals surface area (Å²) >= 11 is 12.1. The molecule has 7 nitrogen and oxygen atoms in total. The lowest BCUT2D eigenvalue weighted by Gasteiger charge is -2.35. The Morgan fingerprint density at radius 2 is 1.65 bits per heavy atom. The van der Waals surface area contributed by atoms with Gasteiger partial charge in [0.05, 0.1) is 10.6 Å². The molecule has 0 N–H and O–H groups in total. The van der Waals surface area contributed by atoms with Crippen molar-refractivity contribution in [1.29, 1.82) is 0 Å². The Morgan fingerprint density at radius 1 is 0.935 bits per heavy atom. The van der Waals surface area contributed by atoms with Crippen molar-refractivity contribution in [3.8, 4) is 0 Å². The maximum atomic E-state index is 13.2. The molecule has 0 spiro atoms. The molecule has 2 aliphatic heterocycles. The molecule has 166 valence electrons. The van der Waals surface area contributed by atoms with Gasteiger partial charge in [-0.15, -0.1) is 0 Å². The Balaban J connectivity index is 1.48. The number of piperidine rings is 1. The smallest absolute Gasteiger partial charge is 0.257 e. The SMILES string of the molecule is O=C(c1cccnc1N1CCCCC1)N1CCN(S(=O)(=O)c2cc(Cl)ccc2Cl)CC1. The summed E-state index contributed by atoms with van der Waals surface area (Å²) < 4.78 is 27.4. The van der Waals surface area contributed by atoms with E-state index in [-0.39, 0.29) is 28.9 Å². The van der Waals surface area contributed by atoms with Crippen LogP contribution in [-0.2, 0) is 10.0 Å². The van der Waals surface area contributed by atoms with Crippen molar-refractivity contribution in [1.82, 2.24) is 14.2 Å². The van der Waals surface area contributed by atoms with Crippen LogP contribution >= 0.6 is 23.2 Å². The molecule has 0 atom stereocenters. The zero-order valence-electron chi connectivity index (χ0n) is 17.0. The number of amides is 1. The van der Waals surface area contributed by atoms with E-state index in [4.69, 9.17) is 23.2 Å². The number of carbonyl (C=O) groups excluding carboxylic acids is 1. The van der Waals surface area contributed by atoms with Gasteiger partial charge in [0.15, 0.2) is 0 Å². The first-order chi connectivity index (χ1) is 14.9. The molecule has 2 fully saturated rings. The van der Waals surface area contributed by atoms with Gasteiger partial charge in [-0.2, -0.15) is 4.31 Å². The summed E-state index contributed by atoms with van der Waals surface area (Å²) in [6.07, 6.45) is 5.08. The van der Waals surface area contributed by atoms with E-state index in [1.165, 1.54) is 22.9 Å². The number of piperazine rings is 1. The van der Waals surface area contributed by atoms with Gasteiger partial charge >= 0.3 is 0 Å². The number of benzene rings is 1. The molecule has 2 saturated heterocycles. The first-order valence-corrected chi connectivity index (χ1v) is 12.5. The van der Waals surface area contributed by atoms with E-state index in [0.29, 0.717) is 29.5 Å². The molecular weight excluding hydrogens is 459 g/mol. The van der Waals surface area contributed by atoms with Crippen LogP contribution in [0.1, 0.15) is 29.6 Å². The monoisotopic (exact) mass is 482 g/mol. The van der Waals surface area contributed by atoms with Gasteiger partial charge in [0, 0.05) is 50.5 Å². The summed E-state index contributed by atoms with van der Waals surface area (Å²) in [6, 6.07) is 7.95. The molecule has 0 unspecified atom stereocenters. The fourth-order valence-electron chi connectivity index (χ4n) is 4.04. The predicted molar refractivity (Wildman–Crippen MR) is 121 cm³/mol. The molecule has 31 heavy (non-hydrogen) atoms. The number of halogens is 2. The molecule has 0 bridgehead atoms. The predicted octanol–water partition coefficient (Wildman–Crippen LogP) is 3.53. The van der Waals surface area contributed by atoms with Crippen LogP contribution in [0.3, 0.4) is 0 Å². The maximum absolute atomic E-state index is 13.2. The van der Waals surface area contributed by atoms with Crippen LogP contribution in [0.2, 0.25) is 10.0 Å². The van der Waals surface area contributed by atoms with Gasteiger partial charge in [-0.05, 0) is 49.6 Å². The lowest BCUT2D eigenvalue weighted by molar-refractivity contribution is 0.0698. The second kappa shape index (κ2) is 9.32. The molecule has 10 heteroatoms. The summed E-state index contributed by atoms with van der Waals surface area (Å²) in [5.41, 5.74) is 0.568. The van der Waals surface area contributed by atoms with Crippen LogP contribution in [0, 0.1) is 0 Å². The lowest BCUT2D eigenvalue weighted by Crippen LogP contribution is -2.50. The van der Waals surface area contributed by atoms with E-state index in [1.807, 2.05) is 0 Å². The number of carbonyl (C=O) groups is 1. The van der Waals surface area contributed by atoms with Gasteiger partial charge in [-0.1, -0.05) is 23.2 Å². The number of pyridine rings is 1. The standard InChI is InChI=1S/C21H24Cl2N4O3S/c22-16-6-7-18(23)19(15-16)31(29,30)27-13-11-26(12-14-27)21(28)17-5-4-8-24-20(17)25-9-2-1-3-10-25/h4-8,15H,1-3,9-14H2. The summed E-state index contributed by atoms with van der Waals surface area (Å²) in [6.45, 7) is 2.76. The molecule has 0 radical (unpaired) electrons. The fraction of sp³-hybridized carbons (Fsp3) is 0.429. The largest absolute Gasteiger partial charge is 0.356 e. The highest BCUT2D eigenvalue weighted by atomic mass is 35.5. The number of rotatable bonds is 4. The summed E-state index contributed by atoms with van der Waals surface area (Å²) in [5.74, 6) is 0.597. The van der Waals surface area contributed by atoms with Crippen molar-refractivity contribution in [3.63, 3.8) is 0 Å². The number of hydrogen-bond donors (Lipinski definition) is 0. The second-order valence-electron chi connectivity index (χ2n) is 7.69. The van der Waals surface area contributed by atoms with Crippen LogP contribution in [-0.4, -0.2) is 67.8 Å². The van der Waals surface area contributed by atoms with E-state index in [2.05, 4.69) is 9.88 Å². The summed E-state index contributed by atoms with van der Waals surface area (Å²) in [7, 11) is -3.80. The topological polar surface area (TPSA) is 73.8 Å². The first kappa shape index (κ1) is 22.3. The van der Waals surface area contributed by atoms with Gasteiger partial charge in [0.2, 0.25) is 10.0 Å². The van der Waals surface area contributed by atoms with Crippen molar-refractivity contribution in [2.45, 2.75) is 24.2 Å². The fourth-order valence-corrected chi connectivity index (χ4v) is 6.20.